The molecule has 1 heterocycles. The molecule has 1 saturated heterocycles. The molecule has 4 nitrogen and oxygen atoms in total. The van der Waals surface area contributed by atoms with E-state index in [4.69, 9.17) is 0 Å². The average Bonchev–Trinajstić information content (AvgIpc) is 2.44. The first-order valence-corrected chi connectivity index (χ1v) is 7.12. The van der Waals surface area contributed by atoms with E-state index in [1.165, 1.54) is 6.07 Å². The van der Waals surface area contributed by atoms with E-state index in [0.717, 1.165) is 32.0 Å². The Labute approximate surface area is 123 Å². The van der Waals surface area contributed by atoms with Crippen molar-refractivity contribution in [1.29, 1.82) is 0 Å². The molecule has 1 unspecified atom stereocenters. The molecule has 7 heteroatoms. The Morgan fingerprint density at radius 3 is 2.70 bits per heavy atom. The summed E-state index contributed by atoms with van der Waals surface area (Å²) in [7, 11) is 0. The number of carbonyl (C=O) groups excluding carboxylic acids is 1. The predicted molar refractivity (Wildman–Crippen MR) is 73.1 cm³/mol. The first kappa shape index (κ1) is 15.3. The van der Waals surface area contributed by atoms with E-state index in [-0.39, 0.29) is 10.5 Å². The Kier molecular flexibility index (Phi) is 5.06. The van der Waals surface area contributed by atoms with Gasteiger partial charge >= 0.3 is 0 Å². The zero-order chi connectivity index (χ0) is 14.7. The number of hydrogen-bond donors (Lipinski definition) is 3. The second-order valence-corrected chi connectivity index (χ2v) is 5.55. The average molecular weight is 349 g/mol. The van der Waals surface area contributed by atoms with Crippen LogP contribution >= 0.6 is 15.9 Å². The second kappa shape index (κ2) is 6.60. The molecule has 0 radical (unpaired) electrons. The highest BCUT2D eigenvalue weighted by molar-refractivity contribution is 9.10. The van der Waals surface area contributed by atoms with Crippen LogP contribution in [-0.4, -0.2) is 30.1 Å². The summed E-state index contributed by atoms with van der Waals surface area (Å²) < 4.78 is 27.4. The SMILES string of the molecule is O=C(NC1CCNCC1)C(O)c1c(F)ccc(Br)c1F. The van der Waals surface area contributed by atoms with Gasteiger partial charge in [-0.2, -0.15) is 0 Å². The molecule has 1 aliphatic rings. The highest BCUT2D eigenvalue weighted by atomic mass is 79.9. The minimum Gasteiger partial charge on any atom is -0.378 e. The van der Waals surface area contributed by atoms with Crippen LogP contribution in [0, 0.1) is 11.6 Å². The topological polar surface area (TPSA) is 61.4 Å². The zero-order valence-electron chi connectivity index (χ0n) is 10.6. The number of amides is 1. The molecule has 1 fully saturated rings. The molecular formula is C13H15BrF2N2O2. The monoisotopic (exact) mass is 348 g/mol. The lowest BCUT2D eigenvalue weighted by atomic mass is 10.0. The molecule has 1 aromatic rings. The molecule has 3 N–H and O–H groups in total. The Balaban J connectivity index is 2.12. The van der Waals surface area contributed by atoms with Gasteiger partial charge in [-0.25, -0.2) is 8.78 Å². The van der Waals surface area contributed by atoms with Crippen molar-refractivity contribution in [1.82, 2.24) is 10.6 Å². The number of nitrogens with one attached hydrogen (secondary N) is 2. The molecule has 0 aliphatic carbocycles. The highest BCUT2D eigenvalue weighted by Crippen LogP contribution is 2.27. The number of carbonyl (C=O) groups is 1. The number of aliphatic hydroxyl groups excluding tert-OH is 1. The maximum atomic E-state index is 13.8. The molecule has 20 heavy (non-hydrogen) atoms. The van der Waals surface area contributed by atoms with Crippen LogP contribution in [0.2, 0.25) is 0 Å². The number of rotatable bonds is 3. The third kappa shape index (κ3) is 3.34. The first-order valence-electron chi connectivity index (χ1n) is 6.33. The molecule has 0 bridgehead atoms. The molecule has 1 aromatic carbocycles. The van der Waals surface area contributed by atoms with Gasteiger partial charge in [-0.15, -0.1) is 0 Å². The van der Waals surface area contributed by atoms with E-state index in [1.807, 2.05) is 0 Å². The van der Waals surface area contributed by atoms with Gasteiger partial charge in [-0.05, 0) is 54.0 Å². The lowest BCUT2D eigenvalue weighted by Gasteiger charge is -2.25. The summed E-state index contributed by atoms with van der Waals surface area (Å²) in [4.78, 5) is 11.9. The number of hydrogen-bond acceptors (Lipinski definition) is 3. The van der Waals surface area contributed by atoms with Gasteiger partial charge < -0.3 is 15.7 Å². The first-order chi connectivity index (χ1) is 9.50. The van der Waals surface area contributed by atoms with Crippen molar-refractivity contribution < 1.29 is 18.7 Å². The van der Waals surface area contributed by atoms with Gasteiger partial charge in [-0.3, -0.25) is 4.79 Å². The van der Waals surface area contributed by atoms with Gasteiger partial charge in [0, 0.05) is 6.04 Å². The molecule has 1 aliphatic heterocycles. The third-order valence-electron chi connectivity index (χ3n) is 3.29. The van der Waals surface area contributed by atoms with Crippen LogP contribution in [-0.2, 0) is 4.79 Å². The summed E-state index contributed by atoms with van der Waals surface area (Å²) in [6.07, 6.45) is -0.411. The molecule has 1 atom stereocenters. The Bertz CT molecular complexity index is 507. The zero-order valence-corrected chi connectivity index (χ0v) is 12.2. The molecule has 2 rings (SSSR count). The van der Waals surface area contributed by atoms with E-state index >= 15 is 0 Å². The van der Waals surface area contributed by atoms with E-state index in [0.29, 0.717) is 0 Å². The number of piperidine rings is 1. The Morgan fingerprint density at radius 2 is 2.05 bits per heavy atom. The van der Waals surface area contributed by atoms with Crippen LogP contribution in [0.3, 0.4) is 0 Å². The van der Waals surface area contributed by atoms with E-state index < -0.39 is 29.2 Å². The normalized spacial score (nSPS) is 17.8. The summed E-state index contributed by atoms with van der Waals surface area (Å²) in [6, 6.07) is 2.10. The summed E-state index contributed by atoms with van der Waals surface area (Å²) in [5.74, 6) is -2.69. The lowest BCUT2D eigenvalue weighted by molar-refractivity contribution is -0.130. The van der Waals surface area contributed by atoms with Crippen LogP contribution in [0.15, 0.2) is 16.6 Å². The third-order valence-corrected chi connectivity index (χ3v) is 3.90. The van der Waals surface area contributed by atoms with Gasteiger partial charge in [0.15, 0.2) is 6.10 Å². The quantitative estimate of drug-likeness (QED) is 0.727. The van der Waals surface area contributed by atoms with Gasteiger partial charge in [0.05, 0.1) is 10.0 Å². The summed E-state index contributed by atoms with van der Waals surface area (Å²) in [5, 5.41) is 15.6. The highest BCUT2D eigenvalue weighted by Gasteiger charge is 2.28. The Hall–Kier alpha value is -1.05. The summed E-state index contributed by atoms with van der Waals surface area (Å²) in [5.41, 5.74) is -0.634. The van der Waals surface area contributed by atoms with Crippen LogP contribution in [0.4, 0.5) is 8.78 Å². The van der Waals surface area contributed by atoms with Crippen LogP contribution < -0.4 is 10.6 Å². The van der Waals surface area contributed by atoms with Crippen molar-refractivity contribution in [3.8, 4) is 0 Å². The van der Waals surface area contributed by atoms with Crippen molar-refractivity contribution in [2.45, 2.75) is 25.0 Å². The summed E-state index contributed by atoms with van der Waals surface area (Å²) in [6.45, 7) is 1.53. The molecule has 0 spiro atoms. The van der Waals surface area contributed by atoms with Crippen LogP contribution in [0.25, 0.3) is 0 Å². The number of halogens is 3. The fourth-order valence-electron chi connectivity index (χ4n) is 2.17. The van der Waals surface area contributed by atoms with Crippen molar-refractivity contribution in [3.05, 3.63) is 33.8 Å². The van der Waals surface area contributed by atoms with Crippen molar-refractivity contribution in [3.63, 3.8) is 0 Å². The maximum Gasteiger partial charge on any atom is 0.253 e. The maximum absolute atomic E-state index is 13.8. The predicted octanol–water partition coefficient (Wildman–Crippen LogP) is 1.63. The van der Waals surface area contributed by atoms with Gasteiger partial charge in [0.25, 0.3) is 5.91 Å². The standard InChI is InChI=1S/C13H15BrF2N2O2/c14-8-1-2-9(15)10(11(8)16)12(19)13(20)18-7-3-5-17-6-4-7/h1-2,7,12,17,19H,3-6H2,(H,18,20). The molecule has 110 valence electrons. The number of aliphatic hydroxyl groups is 1. The smallest absolute Gasteiger partial charge is 0.253 e. The van der Waals surface area contributed by atoms with Crippen molar-refractivity contribution in [2.75, 3.05) is 13.1 Å². The van der Waals surface area contributed by atoms with E-state index in [1.54, 1.807) is 0 Å². The lowest BCUT2D eigenvalue weighted by Crippen LogP contribution is -2.44. The van der Waals surface area contributed by atoms with Gasteiger partial charge in [0.1, 0.15) is 11.6 Å². The van der Waals surface area contributed by atoms with Crippen LogP contribution in [0.5, 0.6) is 0 Å². The fourth-order valence-corrected chi connectivity index (χ4v) is 2.52. The van der Waals surface area contributed by atoms with Gasteiger partial charge in [0.2, 0.25) is 0 Å². The molecule has 0 aromatic heterocycles. The number of benzene rings is 1. The fraction of sp³-hybridized carbons (Fsp3) is 0.462. The van der Waals surface area contributed by atoms with Crippen LogP contribution in [0.1, 0.15) is 24.5 Å². The minimum atomic E-state index is -1.86. The largest absolute Gasteiger partial charge is 0.378 e. The minimum absolute atomic E-state index is 0.00242. The van der Waals surface area contributed by atoms with Crippen molar-refractivity contribution >= 4 is 21.8 Å². The molecule has 1 amide bonds. The van der Waals surface area contributed by atoms with Gasteiger partial charge in [-0.1, -0.05) is 0 Å². The molecule has 0 saturated carbocycles. The molecular weight excluding hydrogens is 334 g/mol. The van der Waals surface area contributed by atoms with E-state index in [2.05, 4.69) is 26.6 Å². The summed E-state index contributed by atoms with van der Waals surface area (Å²) >= 11 is 2.90. The second-order valence-electron chi connectivity index (χ2n) is 4.69. The van der Waals surface area contributed by atoms with Crippen molar-refractivity contribution in [2.24, 2.45) is 0 Å². The van der Waals surface area contributed by atoms with E-state index in [9.17, 15) is 18.7 Å². The Morgan fingerprint density at radius 1 is 1.40 bits per heavy atom.